The van der Waals surface area contributed by atoms with E-state index in [0.717, 1.165) is 49.4 Å². The number of aromatic nitrogens is 2. The van der Waals surface area contributed by atoms with Crippen LogP contribution in [0.4, 0.5) is 19.1 Å². The van der Waals surface area contributed by atoms with Crippen molar-refractivity contribution in [1.29, 1.82) is 0 Å². The Bertz CT molecular complexity index is 1350. The lowest BCUT2D eigenvalue weighted by atomic mass is 9.69. The number of sulfonamides is 1. The van der Waals surface area contributed by atoms with E-state index in [1.807, 2.05) is 4.90 Å². The molecule has 1 amide bonds. The Morgan fingerprint density at radius 1 is 1.14 bits per heavy atom. The van der Waals surface area contributed by atoms with Gasteiger partial charge in [-0.2, -0.15) is 13.2 Å². The average Bonchev–Trinajstić information content (AvgIpc) is 3.46. The quantitative estimate of drug-likeness (QED) is 0.591. The van der Waals surface area contributed by atoms with Gasteiger partial charge in [-0.3, -0.25) is 4.79 Å². The monoisotopic (exact) mass is 555 g/mol. The molecule has 1 aliphatic carbocycles. The standard InChI is InChI=1S/C24H28F3N5O3S2/c1-37(34,35)31-10-6-15(7-11-31)29-22-28-13-17(24(25,26)27)19(30-22)18-12-16-20(36-18)23(14-4-2-5-14)8-3-9-32(23)21(16)33/h12-15H,2-11H2,1H3,(H,28,29,30). The van der Waals surface area contributed by atoms with E-state index in [9.17, 15) is 26.4 Å². The van der Waals surface area contributed by atoms with Gasteiger partial charge in [0.25, 0.3) is 5.91 Å². The molecule has 0 aromatic carbocycles. The molecule has 3 fully saturated rings. The van der Waals surface area contributed by atoms with Gasteiger partial charge in [0.05, 0.1) is 27.9 Å². The number of rotatable bonds is 5. The minimum absolute atomic E-state index is 0.0666. The number of thiophene rings is 1. The van der Waals surface area contributed by atoms with E-state index in [1.165, 1.54) is 15.6 Å². The summed E-state index contributed by atoms with van der Waals surface area (Å²) in [5.41, 5.74) is -1.02. The molecule has 200 valence electrons. The fraction of sp³-hybridized carbons (Fsp3) is 0.625. The molecule has 5 heterocycles. The van der Waals surface area contributed by atoms with Crippen LogP contribution in [0.1, 0.15) is 65.7 Å². The van der Waals surface area contributed by atoms with E-state index in [0.29, 0.717) is 48.8 Å². The first kappa shape index (κ1) is 25.1. The molecule has 37 heavy (non-hydrogen) atoms. The van der Waals surface area contributed by atoms with Gasteiger partial charge in [0.2, 0.25) is 16.0 Å². The van der Waals surface area contributed by atoms with Crippen molar-refractivity contribution < 1.29 is 26.4 Å². The molecule has 8 nitrogen and oxygen atoms in total. The molecule has 1 atom stereocenters. The highest BCUT2D eigenvalue weighted by Crippen LogP contribution is 2.59. The molecule has 0 bridgehead atoms. The average molecular weight is 556 g/mol. The van der Waals surface area contributed by atoms with Crippen molar-refractivity contribution >= 4 is 33.2 Å². The number of nitrogens with one attached hydrogen (secondary N) is 1. The van der Waals surface area contributed by atoms with E-state index in [4.69, 9.17) is 0 Å². The van der Waals surface area contributed by atoms with Crippen LogP contribution in [0.15, 0.2) is 12.3 Å². The molecule has 13 heteroatoms. The summed E-state index contributed by atoms with van der Waals surface area (Å²) >= 11 is 1.27. The van der Waals surface area contributed by atoms with E-state index in [2.05, 4.69) is 15.3 Å². The SMILES string of the molecule is CS(=O)(=O)N1CCC(Nc2ncc(C(F)(F)F)c(-c3cc4c(s3)C3(C5CCC5)CCCN3C4=O)n2)CC1. The maximum Gasteiger partial charge on any atom is 0.420 e. The number of halogens is 3. The Balaban J connectivity index is 1.33. The summed E-state index contributed by atoms with van der Waals surface area (Å²) in [7, 11) is -3.29. The zero-order chi connectivity index (χ0) is 26.2. The fourth-order valence-electron chi connectivity index (χ4n) is 6.35. The third-order valence-electron chi connectivity index (χ3n) is 8.39. The lowest BCUT2D eigenvalue weighted by Gasteiger charge is -2.44. The molecule has 3 aliphatic heterocycles. The number of nitrogens with zero attached hydrogens (tertiary/aromatic N) is 4. The highest BCUT2D eigenvalue weighted by atomic mass is 32.2. The van der Waals surface area contributed by atoms with E-state index < -0.39 is 21.8 Å². The summed E-state index contributed by atoms with van der Waals surface area (Å²) in [6.07, 6.45) is 3.23. The van der Waals surface area contributed by atoms with Gasteiger partial charge >= 0.3 is 6.18 Å². The number of carbonyl (C=O) groups is 1. The van der Waals surface area contributed by atoms with Crippen molar-refractivity contribution in [3.63, 3.8) is 0 Å². The predicted molar refractivity (Wildman–Crippen MR) is 133 cm³/mol. The highest BCUT2D eigenvalue weighted by Gasteiger charge is 2.58. The number of anilines is 1. The molecule has 4 aliphatic rings. The third kappa shape index (κ3) is 4.04. The van der Waals surface area contributed by atoms with Gasteiger partial charge in [-0.05, 0) is 50.5 Å². The molecule has 0 radical (unpaired) electrons. The highest BCUT2D eigenvalue weighted by molar-refractivity contribution is 7.88. The molecular weight excluding hydrogens is 527 g/mol. The van der Waals surface area contributed by atoms with Gasteiger partial charge in [-0.25, -0.2) is 22.7 Å². The Morgan fingerprint density at radius 2 is 1.86 bits per heavy atom. The Labute approximate surface area is 217 Å². The number of hydrogen-bond donors (Lipinski definition) is 1. The topological polar surface area (TPSA) is 95.5 Å². The lowest BCUT2D eigenvalue weighted by Crippen LogP contribution is -2.46. The van der Waals surface area contributed by atoms with Gasteiger partial charge < -0.3 is 10.2 Å². The number of alkyl halides is 3. The smallest absolute Gasteiger partial charge is 0.351 e. The third-order valence-corrected chi connectivity index (χ3v) is 11.0. The Hall–Kier alpha value is -2.25. The molecule has 1 unspecified atom stereocenters. The largest absolute Gasteiger partial charge is 0.420 e. The Kier molecular flexibility index (Phi) is 5.85. The van der Waals surface area contributed by atoms with Gasteiger partial charge in [-0.15, -0.1) is 11.3 Å². The van der Waals surface area contributed by atoms with Crippen molar-refractivity contribution in [2.24, 2.45) is 5.92 Å². The van der Waals surface area contributed by atoms with Crippen LogP contribution < -0.4 is 5.32 Å². The van der Waals surface area contributed by atoms with Crippen molar-refractivity contribution in [3.05, 3.63) is 28.3 Å². The summed E-state index contributed by atoms with van der Waals surface area (Å²) in [5, 5.41) is 3.10. The van der Waals surface area contributed by atoms with Gasteiger partial charge in [0, 0.05) is 36.8 Å². The maximum atomic E-state index is 14.0. The molecule has 1 N–H and O–H groups in total. The molecular formula is C24H28F3N5O3S2. The summed E-state index contributed by atoms with van der Waals surface area (Å²) in [5.74, 6) is 0.339. The van der Waals surface area contributed by atoms with Crippen LogP contribution in [-0.2, 0) is 21.7 Å². The number of fused-ring (bicyclic) bond motifs is 3. The zero-order valence-corrected chi connectivity index (χ0v) is 22.0. The van der Waals surface area contributed by atoms with Crippen LogP contribution in [0.25, 0.3) is 10.6 Å². The molecule has 2 aromatic rings. The molecule has 0 spiro atoms. The van der Waals surface area contributed by atoms with Crippen molar-refractivity contribution in [3.8, 4) is 10.6 Å². The summed E-state index contributed by atoms with van der Waals surface area (Å²) in [4.78, 5) is 24.7. The zero-order valence-electron chi connectivity index (χ0n) is 20.3. The van der Waals surface area contributed by atoms with Crippen molar-refractivity contribution in [1.82, 2.24) is 19.2 Å². The van der Waals surface area contributed by atoms with Gasteiger partial charge in [0.15, 0.2) is 0 Å². The normalized spacial score (nSPS) is 25.3. The number of hydrogen-bond acceptors (Lipinski definition) is 7. The molecule has 6 rings (SSSR count). The van der Waals surface area contributed by atoms with Crippen LogP contribution in [-0.4, -0.2) is 65.4 Å². The predicted octanol–water partition coefficient (Wildman–Crippen LogP) is 4.30. The second-order valence-electron chi connectivity index (χ2n) is 10.5. The van der Waals surface area contributed by atoms with Crippen molar-refractivity contribution in [2.75, 3.05) is 31.2 Å². The van der Waals surface area contributed by atoms with Crippen LogP contribution in [0.5, 0.6) is 0 Å². The summed E-state index contributed by atoms with van der Waals surface area (Å²) < 4.78 is 67.0. The summed E-state index contributed by atoms with van der Waals surface area (Å²) in [6.45, 7) is 1.34. The minimum Gasteiger partial charge on any atom is -0.351 e. The van der Waals surface area contributed by atoms with E-state index in [-0.39, 0.29) is 29.1 Å². The van der Waals surface area contributed by atoms with Crippen molar-refractivity contribution in [2.45, 2.75) is 62.7 Å². The Morgan fingerprint density at radius 3 is 2.49 bits per heavy atom. The second kappa shape index (κ2) is 8.63. The first-order valence-electron chi connectivity index (χ1n) is 12.6. The van der Waals surface area contributed by atoms with Crippen LogP contribution in [0.3, 0.4) is 0 Å². The number of piperidine rings is 1. The minimum atomic E-state index is -4.65. The van der Waals surface area contributed by atoms with E-state index >= 15 is 0 Å². The van der Waals surface area contributed by atoms with Gasteiger partial charge in [-0.1, -0.05) is 6.42 Å². The number of carbonyl (C=O) groups excluding carboxylic acids is 1. The fourth-order valence-corrected chi connectivity index (χ4v) is 8.69. The van der Waals surface area contributed by atoms with Crippen LogP contribution >= 0.6 is 11.3 Å². The first-order valence-corrected chi connectivity index (χ1v) is 15.3. The van der Waals surface area contributed by atoms with E-state index in [1.54, 1.807) is 6.07 Å². The van der Waals surface area contributed by atoms with Crippen LogP contribution in [0.2, 0.25) is 0 Å². The van der Waals surface area contributed by atoms with Crippen LogP contribution in [0, 0.1) is 5.92 Å². The lowest BCUT2D eigenvalue weighted by molar-refractivity contribution is -0.137. The maximum absolute atomic E-state index is 14.0. The number of amides is 1. The first-order chi connectivity index (χ1) is 17.5. The molecule has 2 aromatic heterocycles. The molecule has 2 saturated heterocycles. The van der Waals surface area contributed by atoms with Gasteiger partial charge in [0.1, 0.15) is 5.56 Å². The summed E-state index contributed by atoms with van der Waals surface area (Å²) in [6, 6.07) is 1.43. The molecule has 1 saturated carbocycles. The second-order valence-corrected chi connectivity index (χ2v) is 13.5.